The number of hydrogen-bond acceptors (Lipinski definition) is 2. The van der Waals surface area contributed by atoms with Gasteiger partial charge in [-0.3, -0.25) is 9.13 Å². The third kappa shape index (κ3) is 2.98. The van der Waals surface area contributed by atoms with E-state index in [9.17, 15) is 0 Å². The number of hydrogen-bond donors (Lipinski definition) is 0. The fraction of sp³-hybridized carbons (Fsp3) is 0. The fourth-order valence-electron chi connectivity index (χ4n) is 5.72. The van der Waals surface area contributed by atoms with Crippen molar-refractivity contribution in [2.75, 3.05) is 0 Å². The minimum Gasteiger partial charge on any atom is -0.294 e. The third-order valence-electron chi connectivity index (χ3n) is 7.35. The first-order chi connectivity index (χ1) is 18.9. The summed E-state index contributed by atoms with van der Waals surface area (Å²) in [7, 11) is 0. The maximum absolute atomic E-state index is 5.33. The minimum atomic E-state index is 0.661. The van der Waals surface area contributed by atoms with Crippen LogP contribution in [0.2, 0.25) is 0 Å². The molecule has 38 heavy (non-hydrogen) atoms. The van der Waals surface area contributed by atoms with Gasteiger partial charge in [-0.2, -0.15) is 4.98 Å². The molecule has 4 heteroatoms. The van der Waals surface area contributed by atoms with Crippen molar-refractivity contribution >= 4 is 43.7 Å². The quantitative estimate of drug-likeness (QED) is 0.252. The third-order valence-corrected chi connectivity index (χ3v) is 7.35. The molecule has 0 radical (unpaired) electrons. The van der Waals surface area contributed by atoms with Crippen molar-refractivity contribution in [3.05, 3.63) is 133 Å². The predicted molar refractivity (Wildman–Crippen MR) is 156 cm³/mol. The van der Waals surface area contributed by atoms with E-state index >= 15 is 0 Å². The van der Waals surface area contributed by atoms with E-state index in [0.29, 0.717) is 5.95 Å². The van der Waals surface area contributed by atoms with E-state index in [-0.39, 0.29) is 0 Å². The molecule has 178 valence electrons. The van der Waals surface area contributed by atoms with Crippen LogP contribution >= 0.6 is 0 Å². The van der Waals surface area contributed by atoms with Gasteiger partial charge in [0.05, 0.1) is 27.6 Å². The average Bonchev–Trinajstić information content (AvgIpc) is 3.51. The Bertz CT molecular complexity index is 2070. The lowest BCUT2D eigenvalue weighted by Crippen LogP contribution is -2.05. The van der Waals surface area contributed by atoms with Crippen LogP contribution in [-0.2, 0) is 0 Å². The molecule has 8 aromatic rings. The van der Waals surface area contributed by atoms with E-state index in [0.717, 1.165) is 49.9 Å². The molecule has 0 amide bonds. The van der Waals surface area contributed by atoms with Gasteiger partial charge < -0.3 is 0 Å². The van der Waals surface area contributed by atoms with Crippen molar-refractivity contribution in [3.63, 3.8) is 0 Å². The molecule has 0 saturated heterocycles. The molecule has 0 fully saturated rings. The van der Waals surface area contributed by atoms with Crippen LogP contribution in [0.4, 0.5) is 0 Å². The molecule has 0 bridgehead atoms. The van der Waals surface area contributed by atoms with Crippen LogP contribution in [0.3, 0.4) is 0 Å². The van der Waals surface area contributed by atoms with Crippen molar-refractivity contribution in [1.82, 2.24) is 19.1 Å². The van der Waals surface area contributed by atoms with Gasteiger partial charge >= 0.3 is 0 Å². The lowest BCUT2D eigenvalue weighted by Gasteiger charge is -2.12. The molecule has 0 aliphatic heterocycles. The zero-order chi connectivity index (χ0) is 25.1. The van der Waals surface area contributed by atoms with Gasteiger partial charge in [-0.25, -0.2) is 4.98 Å². The van der Waals surface area contributed by atoms with Gasteiger partial charge in [0.15, 0.2) is 5.65 Å². The first-order valence-electron chi connectivity index (χ1n) is 12.8. The van der Waals surface area contributed by atoms with Crippen LogP contribution in [0, 0.1) is 0 Å². The average molecular weight is 487 g/mol. The van der Waals surface area contributed by atoms with Crippen molar-refractivity contribution in [2.45, 2.75) is 0 Å². The van der Waals surface area contributed by atoms with E-state index in [4.69, 9.17) is 9.97 Å². The SMILES string of the molecule is c1ccc(-c2nc(-n3c4ccccc4c4ccccc43)nc3c2c2ccccc2n3-c2ccccc2)cc1. The molecule has 4 nitrogen and oxygen atoms in total. The topological polar surface area (TPSA) is 35.6 Å². The number of benzene rings is 5. The van der Waals surface area contributed by atoms with Gasteiger partial charge in [0.2, 0.25) is 5.95 Å². The number of fused-ring (bicyclic) bond motifs is 6. The lowest BCUT2D eigenvalue weighted by molar-refractivity contribution is 0.994. The number of aromatic nitrogens is 4. The molecule has 0 unspecified atom stereocenters. The molecule has 0 aliphatic rings. The first-order valence-corrected chi connectivity index (χ1v) is 12.8. The summed E-state index contributed by atoms with van der Waals surface area (Å²) in [4.78, 5) is 10.6. The summed E-state index contributed by atoms with van der Waals surface area (Å²) in [5.41, 5.74) is 7.26. The van der Waals surface area contributed by atoms with E-state index in [2.05, 4.69) is 130 Å². The van der Waals surface area contributed by atoms with Crippen LogP contribution in [-0.4, -0.2) is 19.1 Å². The van der Waals surface area contributed by atoms with Gasteiger partial charge in [-0.05, 0) is 30.3 Å². The van der Waals surface area contributed by atoms with E-state index in [1.165, 1.54) is 10.8 Å². The van der Waals surface area contributed by atoms with Gasteiger partial charge in [0.25, 0.3) is 0 Å². The Morgan fingerprint density at radius 2 is 0.921 bits per heavy atom. The summed E-state index contributed by atoms with van der Waals surface area (Å²) in [5.74, 6) is 0.661. The van der Waals surface area contributed by atoms with Gasteiger partial charge in [0.1, 0.15) is 0 Å². The highest BCUT2D eigenvalue weighted by atomic mass is 15.2. The summed E-state index contributed by atoms with van der Waals surface area (Å²) < 4.78 is 4.46. The minimum absolute atomic E-state index is 0.661. The summed E-state index contributed by atoms with van der Waals surface area (Å²) >= 11 is 0. The van der Waals surface area contributed by atoms with Crippen LogP contribution in [0.1, 0.15) is 0 Å². The largest absolute Gasteiger partial charge is 0.294 e. The highest BCUT2D eigenvalue weighted by molar-refractivity contribution is 6.14. The Morgan fingerprint density at radius 3 is 1.55 bits per heavy atom. The monoisotopic (exact) mass is 486 g/mol. The van der Waals surface area contributed by atoms with Crippen molar-refractivity contribution in [1.29, 1.82) is 0 Å². The molecular formula is C34H22N4. The Balaban J connectivity index is 1.59. The summed E-state index contributed by atoms with van der Waals surface area (Å²) in [6.45, 7) is 0. The zero-order valence-electron chi connectivity index (χ0n) is 20.5. The molecule has 0 aliphatic carbocycles. The Kier molecular flexibility index (Phi) is 4.49. The maximum Gasteiger partial charge on any atom is 0.237 e. The standard InChI is InChI=1S/C34H22N4/c1-3-13-23(14-4-1)32-31-27-19-9-12-22-30(27)37(24-15-5-2-6-16-24)33(31)36-34(35-32)38-28-20-10-7-17-25(28)26-18-8-11-21-29(26)38/h1-22H. The van der Waals surface area contributed by atoms with Gasteiger partial charge in [0, 0.05) is 27.4 Å². The van der Waals surface area contributed by atoms with Crippen molar-refractivity contribution < 1.29 is 0 Å². The molecule has 5 aromatic carbocycles. The van der Waals surface area contributed by atoms with E-state index in [1.807, 2.05) is 12.1 Å². The second-order valence-corrected chi connectivity index (χ2v) is 9.49. The summed E-state index contributed by atoms with van der Waals surface area (Å²) in [6, 6.07) is 46.4. The molecule has 3 aromatic heterocycles. The van der Waals surface area contributed by atoms with Crippen LogP contribution in [0.15, 0.2) is 133 Å². The predicted octanol–water partition coefficient (Wildman–Crippen LogP) is 8.34. The van der Waals surface area contributed by atoms with E-state index < -0.39 is 0 Å². The Labute approximate surface area is 219 Å². The molecule has 0 atom stereocenters. The Morgan fingerprint density at radius 1 is 0.421 bits per heavy atom. The second-order valence-electron chi connectivity index (χ2n) is 9.49. The number of nitrogens with zero attached hydrogens (tertiary/aromatic N) is 4. The number of para-hydroxylation sites is 4. The molecule has 0 spiro atoms. The van der Waals surface area contributed by atoms with Crippen LogP contribution in [0.5, 0.6) is 0 Å². The highest BCUT2D eigenvalue weighted by Crippen LogP contribution is 2.38. The fourth-order valence-corrected chi connectivity index (χ4v) is 5.72. The summed E-state index contributed by atoms with van der Waals surface area (Å²) in [5, 5.41) is 4.58. The van der Waals surface area contributed by atoms with Gasteiger partial charge in [-0.15, -0.1) is 0 Å². The molecule has 3 heterocycles. The van der Waals surface area contributed by atoms with E-state index in [1.54, 1.807) is 0 Å². The first kappa shape index (κ1) is 20.9. The summed E-state index contributed by atoms with van der Waals surface area (Å²) in [6.07, 6.45) is 0. The van der Waals surface area contributed by atoms with Crippen molar-refractivity contribution in [2.24, 2.45) is 0 Å². The smallest absolute Gasteiger partial charge is 0.237 e. The maximum atomic E-state index is 5.33. The molecule has 8 rings (SSSR count). The molecule has 0 N–H and O–H groups in total. The highest BCUT2D eigenvalue weighted by Gasteiger charge is 2.22. The molecular weight excluding hydrogens is 464 g/mol. The van der Waals surface area contributed by atoms with Crippen molar-refractivity contribution in [3.8, 4) is 22.9 Å². The van der Waals surface area contributed by atoms with Gasteiger partial charge in [-0.1, -0.05) is 103 Å². The van der Waals surface area contributed by atoms with Crippen LogP contribution in [0.25, 0.3) is 66.6 Å². The second kappa shape index (κ2) is 8.15. The number of rotatable bonds is 3. The molecule has 0 saturated carbocycles. The zero-order valence-corrected chi connectivity index (χ0v) is 20.5. The normalized spacial score (nSPS) is 11.7. The Hall–Kier alpha value is -5.22. The lowest BCUT2D eigenvalue weighted by atomic mass is 10.1. The van der Waals surface area contributed by atoms with Crippen LogP contribution < -0.4 is 0 Å².